The zero-order valence-corrected chi connectivity index (χ0v) is 16.1. The van der Waals surface area contributed by atoms with E-state index in [2.05, 4.69) is 34.1 Å². The van der Waals surface area contributed by atoms with Crippen LogP contribution in [0.3, 0.4) is 0 Å². The largest absolute Gasteiger partial charge is 0.467 e. The number of ether oxygens (including phenoxy) is 1. The molecule has 2 N–H and O–H groups in total. The number of anilines is 1. The topological polar surface area (TPSA) is 71.7 Å². The Morgan fingerprint density at radius 3 is 2.67 bits per heavy atom. The van der Waals surface area contributed by atoms with Crippen LogP contribution in [0.2, 0.25) is 0 Å². The quantitative estimate of drug-likeness (QED) is 0.848. The van der Waals surface area contributed by atoms with Gasteiger partial charge in [0.05, 0.1) is 11.9 Å². The second kappa shape index (κ2) is 8.86. The molecule has 1 aliphatic rings. The first-order valence-corrected chi connectivity index (χ1v) is 9.40. The van der Waals surface area contributed by atoms with Crippen molar-refractivity contribution in [3.05, 3.63) is 53.7 Å². The lowest BCUT2D eigenvalue weighted by atomic mass is 10.0. The van der Waals surface area contributed by atoms with E-state index in [-0.39, 0.29) is 18.6 Å². The number of pyridine rings is 1. The van der Waals surface area contributed by atoms with E-state index in [1.54, 1.807) is 12.3 Å². The highest BCUT2D eigenvalue weighted by atomic mass is 16.5. The van der Waals surface area contributed by atoms with Crippen molar-refractivity contribution >= 4 is 11.6 Å². The number of nitrogen functional groups attached to an aromatic ring is 1. The van der Waals surface area contributed by atoms with Crippen LogP contribution in [0, 0.1) is 6.92 Å². The summed E-state index contributed by atoms with van der Waals surface area (Å²) in [5.74, 6) is 0.443. The average molecular weight is 368 g/mol. The van der Waals surface area contributed by atoms with Crippen LogP contribution < -0.4 is 10.5 Å². The summed E-state index contributed by atoms with van der Waals surface area (Å²) < 4.78 is 5.60. The molecule has 3 rings (SSSR count). The van der Waals surface area contributed by atoms with Crippen LogP contribution in [0.25, 0.3) is 0 Å². The van der Waals surface area contributed by atoms with Crippen molar-refractivity contribution in [1.29, 1.82) is 0 Å². The summed E-state index contributed by atoms with van der Waals surface area (Å²) in [6.07, 6.45) is 3.50. The second-order valence-corrected chi connectivity index (χ2v) is 7.18. The van der Waals surface area contributed by atoms with Gasteiger partial charge in [-0.3, -0.25) is 9.69 Å². The molecular formula is C21H28N4O2. The standard InChI is InChI=1S/C21H28N4O2/c1-16-12-18(22)13-23-21(16)27-15-20(26)24(2)19-8-10-25(11-9-19)14-17-6-4-3-5-7-17/h3-7,12-13,19H,8-11,14-15,22H2,1-2H3. The van der Waals surface area contributed by atoms with Gasteiger partial charge in [0, 0.05) is 38.3 Å². The van der Waals surface area contributed by atoms with E-state index >= 15 is 0 Å². The zero-order chi connectivity index (χ0) is 19.2. The number of aromatic nitrogens is 1. The van der Waals surface area contributed by atoms with E-state index in [0.29, 0.717) is 11.6 Å². The molecule has 1 aromatic heterocycles. The third kappa shape index (κ3) is 5.20. The van der Waals surface area contributed by atoms with E-state index < -0.39 is 0 Å². The van der Waals surface area contributed by atoms with Crippen molar-refractivity contribution < 1.29 is 9.53 Å². The van der Waals surface area contributed by atoms with Crippen LogP contribution in [0.4, 0.5) is 5.69 Å². The number of benzene rings is 1. The first-order valence-electron chi connectivity index (χ1n) is 9.40. The highest BCUT2D eigenvalue weighted by Crippen LogP contribution is 2.19. The highest BCUT2D eigenvalue weighted by molar-refractivity contribution is 5.77. The number of amides is 1. The molecule has 1 fully saturated rings. The molecule has 2 aromatic rings. The summed E-state index contributed by atoms with van der Waals surface area (Å²) in [6.45, 7) is 4.83. The van der Waals surface area contributed by atoms with Gasteiger partial charge in [0.15, 0.2) is 6.61 Å². The van der Waals surface area contributed by atoms with Crippen molar-refractivity contribution in [3.8, 4) is 5.88 Å². The van der Waals surface area contributed by atoms with E-state index in [1.165, 1.54) is 5.56 Å². The maximum atomic E-state index is 12.5. The van der Waals surface area contributed by atoms with Gasteiger partial charge in [-0.05, 0) is 31.4 Å². The minimum atomic E-state index is -0.0189. The molecule has 144 valence electrons. The van der Waals surface area contributed by atoms with Gasteiger partial charge in [0.2, 0.25) is 5.88 Å². The van der Waals surface area contributed by atoms with Gasteiger partial charge in [-0.1, -0.05) is 30.3 Å². The Balaban J connectivity index is 1.45. The van der Waals surface area contributed by atoms with Gasteiger partial charge in [-0.2, -0.15) is 0 Å². The van der Waals surface area contributed by atoms with Crippen molar-refractivity contribution in [2.75, 3.05) is 32.5 Å². The van der Waals surface area contributed by atoms with Crippen molar-refractivity contribution in [1.82, 2.24) is 14.8 Å². The van der Waals surface area contributed by atoms with E-state index in [0.717, 1.165) is 38.0 Å². The fourth-order valence-electron chi connectivity index (χ4n) is 3.48. The molecule has 27 heavy (non-hydrogen) atoms. The fourth-order valence-corrected chi connectivity index (χ4v) is 3.48. The van der Waals surface area contributed by atoms with Gasteiger partial charge in [-0.15, -0.1) is 0 Å². The van der Waals surface area contributed by atoms with E-state index in [9.17, 15) is 4.79 Å². The molecule has 6 nitrogen and oxygen atoms in total. The molecule has 0 bridgehead atoms. The number of nitrogens with zero attached hydrogens (tertiary/aromatic N) is 3. The number of carbonyl (C=O) groups excluding carboxylic acids is 1. The molecule has 0 radical (unpaired) electrons. The lowest BCUT2D eigenvalue weighted by Gasteiger charge is -2.36. The first-order chi connectivity index (χ1) is 13.0. The van der Waals surface area contributed by atoms with Crippen molar-refractivity contribution in [3.63, 3.8) is 0 Å². The summed E-state index contributed by atoms with van der Waals surface area (Å²) in [6, 6.07) is 12.6. The molecule has 1 saturated heterocycles. The number of hydrogen-bond donors (Lipinski definition) is 1. The Hall–Kier alpha value is -2.60. The fraction of sp³-hybridized carbons (Fsp3) is 0.429. The Bertz CT molecular complexity index is 758. The lowest BCUT2D eigenvalue weighted by molar-refractivity contribution is -0.135. The third-order valence-corrected chi connectivity index (χ3v) is 5.13. The molecule has 0 unspecified atom stereocenters. The lowest BCUT2D eigenvalue weighted by Crippen LogP contribution is -2.46. The van der Waals surface area contributed by atoms with Crippen LogP contribution in [0.15, 0.2) is 42.6 Å². The summed E-state index contributed by atoms with van der Waals surface area (Å²) in [7, 11) is 1.87. The Morgan fingerprint density at radius 2 is 2.00 bits per heavy atom. The predicted molar refractivity (Wildman–Crippen MR) is 106 cm³/mol. The predicted octanol–water partition coefficient (Wildman–Crippen LogP) is 2.47. The number of rotatable bonds is 6. The van der Waals surface area contributed by atoms with Gasteiger partial charge in [-0.25, -0.2) is 4.98 Å². The number of carbonyl (C=O) groups is 1. The average Bonchev–Trinajstić information content (AvgIpc) is 2.68. The van der Waals surface area contributed by atoms with Crippen LogP contribution in [-0.2, 0) is 11.3 Å². The molecule has 0 spiro atoms. The molecule has 0 atom stereocenters. The summed E-state index contributed by atoms with van der Waals surface area (Å²) >= 11 is 0. The second-order valence-electron chi connectivity index (χ2n) is 7.18. The summed E-state index contributed by atoms with van der Waals surface area (Å²) in [5, 5.41) is 0. The number of aryl methyl sites for hydroxylation is 1. The SMILES string of the molecule is Cc1cc(N)cnc1OCC(=O)N(C)C1CCN(Cc2ccccc2)CC1. The number of hydrogen-bond acceptors (Lipinski definition) is 5. The Morgan fingerprint density at radius 1 is 1.30 bits per heavy atom. The van der Waals surface area contributed by atoms with Crippen LogP contribution in [-0.4, -0.2) is 53.5 Å². The first kappa shape index (κ1) is 19.2. The number of nitrogens with two attached hydrogens (primary N) is 1. The highest BCUT2D eigenvalue weighted by Gasteiger charge is 2.25. The van der Waals surface area contributed by atoms with Gasteiger partial charge >= 0.3 is 0 Å². The molecule has 1 aromatic carbocycles. The van der Waals surface area contributed by atoms with E-state index in [1.807, 2.05) is 24.9 Å². The number of likely N-dealkylation sites (N-methyl/N-ethyl adjacent to an activating group) is 1. The normalized spacial score (nSPS) is 15.5. The smallest absolute Gasteiger partial charge is 0.260 e. The van der Waals surface area contributed by atoms with Gasteiger partial charge in [0.1, 0.15) is 0 Å². The zero-order valence-electron chi connectivity index (χ0n) is 16.1. The Labute approximate surface area is 160 Å². The summed E-state index contributed by atoms with van der Waals surface area (Å²) in [5.41, 5.74) is 8.45. The minimum Gasteiger partial charge on any atom is -0.467 e. The van der Waals surface area contributed by atoms with Crippen LogP contribution in [0.5, 0.6) is 5.88 Å². The number of piperidine rings is 1. The maximum Gasteiger partial charge on any atom is 0.260 e. The minimum absolute atomic E-state index is 0.00150. The van der Waals surface area contributed by atoms with Crippen molar-refractivity contribution in [2.24, 2.45) is 0 Å². The van der Waals surface area contributed by atoms with E-state index in [4.69, 9.17) is 10.5 Å². The van der Waals surface area contributed by atoms with Crippen LogP contribution >= 0.6 is 0 Å². The molecule has 1 aliphatic heterocycles. The molecule has 6 heteroatoms. The molecule has 0 aliphatic carbocycles. The molecular weight excluding hydrogens is 340 g/mol. The van der Waals surface area contributed by atoms with Crippen molar-refractivity contribution in [2.45, 2.75) is 32.4 Å². The monoisotopic (exact) mass is 368 g/mol. The third-order valence-electron chi connectivity index (χ3n) is 5.13. The molecule has 2 heterocycles. The summed E-state index contributed by atoms with van der Waals surface area (Å²) in [4.78, 5) is 20.9. The number of likely N-dealkylation sites (tertiary alicyclic amines) is 1. The molecule has 1 amide bonds. The maximum absolute atomic E-state index is 12.5. The van der Waals surface area contributed by atoms with Gasteiger partial charge in [0.25, 0.3) is 5.91 Å². The molecule has 0 saturated carbocycles. The van der Waals surface area contributed by atoms with Crippen LogP contribution in [0.1, 0.15) is 24.0 Å². The Kier molecular flexibility index (Phi) is 6.29. The van der Waals surface area contributed by atoms with Gasteiger partial charge < -0.3 is 15.4 Å².